The molecule has 0 amide bonds. The lowest BCUT2D eigenvalue weighted by Gasteiger charge is -2.04. The van der Waals surface area contributed by atoms with Crippen molar-refractivity contribution in [1.82, 2.24) is 0 Å². The quantitative estimate of drug-likeness (QED) is 0.828. The molecule has 2 rings (SSSR count). The predicted octanol–water partition coefficient (Wildman–Crippen LogP) is 3.75. The van der Waals surface area contributed by atoms with Gasteiger partial charge in [-0.15, -0.1) is 11.8 Å². The number of thioether (sulfide) groups is 1. The minimum atomic E-state index is 0.616. The van der Waals surface area contributed by atoms with Crippen molar-refractivity contribution in [2.75, 3.05) is 0 Å². The maximum Gasteiger partial charge on any atom is 0.0231 e. The predicted molar refractivity (Wildman–Crippen MR) is 75.1 cm³/mol. The second-order valence-electron chi connectivity index (χ2n) is 4.13. The zero-order valence-corrected chi connectivity index (χ0v) is 10.8. The van der Waals surface area contributed by atoms with Gasteiger partial charge in [0.15, 0.2) is 0 Å². The molecule has 0 aliphatic rings. The minimum absolute atomic E-state index is 0.616. The Morgan fingerprint density at radius 3 is 2.35 bits per heavy atom. The first-order valence-electron chi connectivity index (χ1n) is 5.75. The number of nitrogens with two attached hydrogens (primary N) is 1. The SMILES string of the molecule is Cc1cccc(SCc2ccc(CN)cc2)c1. The monoisotopic (exact) mass is 243 g/mol. The van der Waals surface area contributed by atoms with Crippen LogP contribution in [-0.4, -0.2) is 0 Å². The Hall–Kier alpha value is -1.25. The van der Waals surface area contributed by atoms with Crippen LogP contribution in [0, 0.1) is 6.92 Å². The van der Waals surface area contributed by atoms with Gasteiger partial charge in [-0.2, -0.15) is 0 Å². The lowest BCUT2D eigenvalue weighted by molar-refractivity contribution is 1.07. The molecule has 0 aliphatic carbocycles. The summed E-state index contributed by atoms with van der Waals surface area (Å²) in [5, 5.41) is 0. The van der Waals surface area contributed by atoms with Crippen LogP contribution >= 0.6 is 11.8 Å². The van der Waals surface area contributed by atoms with E-state index in [2.05, 4.69) is 55.5 Å². The number of rotatable bonds is 4. The molecule has 0 spiro atoms. The van der Waals surface area contributed by atoms with Crippen molar-refractivity contribution in [3.63, 3.8) is 0 Å². The third-order valence-electron chi connectivity index (χ3n) is 2.65. The van der Waals surface area contributed by atoms with Crippen molar-refractivity contribution in [3.05, 3.63) is 65.2 Å². The van der Waals surface area contributed by atoms with Crippen LogP contribution in [0.15, 0.2) is 53.4 Å². The van der Waals surface area contributed by atoms with Crippen LogP contribution in [-0.2, 0) is 12.3 Å². The second-order valence-corrected chi connectivity index (χ2v) is 5.17. The summed E-state index contributed by atoms with van der Waals surface area (Å²) in [6.45, 7) is 2.74. The first kappa shape index (κ1) is 12.2. The van der Waals surface area contributed by atoms with Gasteiger partial charge in [0.2, 0.25) is 0 Å². The van der Waals surface area contributed by atoms with E-state index in [-0.39, 0.29) is 0 Å². The third-order valence-corrected chi connectivity index (χ3v) is 3.72. The van der Waals surface area contributed by atoms with E-state index in [1.165, 1.54) is 21.6 Å². The van der Waals surface area contributed by atoms with Gasteiger partial charge in [0.1, 0.15) is 0 Å². The van der Waals surface area contributed by atoms with E-state index in [4.69, 9.17) is 5.73 Å². The maximum absolute atomic E-state index is 5.58. The molecule has 0 atom stereocenters. The van der Waals surface area contributed by atoms with E-state index < -0.39 is 0 Å². The highest BCUT2D eigenvalue weighted by atomic mass is 32.2. The molecule has 0 fully saturated rings. The topological polar surface area (TPSA) is 26.0 Å². The van der Waals surface area contributed by atoms with Gasteiger partial charge in [-0.1, -0.05) is 42.0 Å². The Kier molecular flexibility index (Phi) is 4.24. The highest BCUT2D eigenvalue weighted by Crippen LogP contribution is 2.23. The van der Waals surface area contributed by atoms with Crippen molar-refractivity contribution in [2.24, 2.45) is 5.73 Å². The van der Waals surface area contributed by atoms with Crippen molar-refractivity contribution >= 4 is 11.8 Å². The van der Waals surface area contributed by atoms with Gasteiger partial charge in [0.25, 0.3) is 0 Å². The van der Waals surface area contributed by atoms with E-state index in [9.17, 15) is 0 Å². The molecule has 2 aromatic carbocycles. The van der Waals surface area contributed by atoms with Crippen LogP contribution in [0.3, 0.4) is 0 Å². The molecular formula is C15H17NS. The average Bonchev–Trinajstić information content (AvgIpc) is 2.37. The summed E-state index contributed by atoms with van der Waals surface area (Å²) in [5.41, 5.74) is 9.42. The van der Waals surface area contributed by atoms with E-state index in [0.29, 0.717) is 6.54 Å². The van der Waals surface area contributed by atoms with Gasteiger partial charge in [-0.3, -0.25) is 0 Å². The zero-order chi connectivity index (χ0) is 12.1. The molecule has 17 heavy (non-hydrogen) atoms. The average molecular weight is 243 g/mol. The maximum atomic E-state index is 5.58. The summed E-state index contributed by atoms with van der Waals surface area (Å²) < 4.78 is 0. The smallest absolute Gasteiger partial charge is 0.0231 e. The van der Waals surface area contributed by atoms with E-state index >= 15 is 0 Å². The van der Waals surface area contributed by atoms with Crippen LogP contribution in [0.25, 0.3) is 0 Å². The molecular weight excluding hydrogens is 226 g/mol. The summed E-state index contributed by atoms with van der Waals surface area (Å²) in [6.07, 6.45) is 0. The van der Waals surface area contributed by atoms with Crippen LogP contribution in [0.4, 0.5) is 0 Å². The molecule has 2 aromatic rings. The third kappa shape index (κ3) is 3.62. The Morgan fingerprint density at radius 2 is 1.71 bits per heavy atom. The fourth-order valence-corrected chi connectivity index (χ4v) is 2.61. The summed E-state index contributed by atoms with van der Waals surface area (Å²) in [4.78, 5) is 1.33. The molecule has 0 bridgehead atoms. The molecule has 2 N–H and O–H groups in total. The Balaban J connectivity index is 1.97. The Labute approximate surface area is 107 Å². The first-order valence-corrected chi connectivity index (χ1v) is 6.74. The molecule has 0 aromatic heterocycles. The van der Waals surface area contributed by atoms with Crippen molar-refractivity contribution in [2.45, 2.75) is 24.1 Å². The van der Waals surface area contributed by atoms with E-state index in [1.807, 2.05) is 11.8 Å². The standard InChI is InChI=1S/C15H17NS/c1-12-3-2-4-15(9-12)17-11-14-7-5-13(10-16)6-8-14/h2-9H,10-11,16H2,1H3. The van der Waals surface area contributed by atoms with Crippen LogP contribution < -0.4 is 5.73 Å². The van der Waals surface area contributed by atoms with Gasteiger partial charge in [-0.05, 0) is 30.2 Å². The van der Waals surface area contributed by atoms with Crippen molar-refractivity contribution in [3.8, 4) is 0 Å². The normalized spacial score (nSPS) is 10.5. The molecule has 0 unspecified atom stereocenters. The summed E-state index contributed by atoms with van der Waals surface area (Å²) >= 11 is 1.87. The molecule has 2 heteroatoms. The summed E-state index contributed by atoms with van der Waals surface area (Å²) in [5.74, 6) is 1.01. The zero-order valence-electron chi connectivity index (χ0n) is 10.0. The van der Waals surface area contributed by atoms with Crippen LogP contribution in [0.1, 0.15) is 16.7 Å². The van der Waals surface area contributed by atoms with Crippen molar-refractivity contribution in [1.29, 1.82) is 0 Å². The molecule has 0 aliphatic heterocycles. The molecule has 0 heterocycles. The molecule has 0 saturated carbocycles. The summed E-state index contributed by atoms with van der Waals surface area (Å²) in [7, 11) is 0. The molecule has 88 valence electrons. The number of hydrogen-bond acceptors (Lipinski definition) is 2. The minimum Gasteiger partial charge on any atom is -0.326 e. The second kappa shape index (κ2) is 5.89. The molecule has 0 radical (unpaired) electrons. The lowest BCUT2D eigenvalue weighted by atomic mass is 10.1. The number of hydrogen-bond donors (Lipinski definition) is 1. The van der Waals surface area contributed by atoms with Gasteiger partial charge in [0.05, 0.1) is 0 Å². The number of aryl methyl sites for hydroxylation is 1. The highest BCUT2D eigenvalue weighted by molar-refractivity contribution is 7.98. The van der Waals surface area contributed by atoms with E-state index in [1.54, 1.807) is 0 Å². The van der Waals surface area contributed by atoms with Crippen LogP contribution in [0.2, 0.25) is 0 Å². The molecule has 1 nitrogen and oxygen atoms in total. The fourth-order valence-electron chi connectivity index (χ4n) is 1.64. The largest absolute Gasteiger partial charge is 0.326 e. The van der Waals surface area contributed by atoms with Gasteiger partial charge >= 0.3 is 0 Å². The van der Waals surface area contributed by atoms with Crippen LogP contribution in [0.5, 0.6) is 0 Å². The van der Waals surface area contributed by atoms with Gasteiger partial charge in [-0.25, -0.2) is 0 Å². The Morgan fingerprint density at radius 1 is 1.00 bits per heavy atom. The number of benzene rings is 2. The highest BCUT2D eigenvalue weighted by Gasteiger charge is 1.97. The van der Waals surface area contributed by atoms with Crippen molar-refractivity contribution < 1.29 is 0 Å². The summed E-state index contributed by atoms with van der Waals surface area (Å²) in [6, 6.07) is 17.1. The first-order chi connectivity index (χ1) is 8.28. The fraction of sp³-hybridized carbons (Fsp3) is 0.200. The lowest BCUT2D eigenvalue weighted by Crippen LogP contribution is -1.95. The van der Waals surface area contributed by atoms with Gasteiger partial charge < -0.3 is 5.73 Å². The van der Waals surface area contributed by atoms with E-state index in [0.717, 1.165) is 5.75 Å². The Bertz CT molecular complexity index is 477. The molecule has 0 saturated heterocycles. The van der Waals surface area contributed by atoms with Gasteiger partial charge in [0, 0.05) is 17.2 Å².